The molecule has 1 amide bonds. The maximum Gasteiger partial charge on any atom is 0.273 e. The molecule has 112 valence electrons. The van der Waals surface area contributed by atoms with Crippen LogP contribution in [-0.2, 0) is 4.74 Å². The van der Waals surface area contributed by atoms with Crippen molar-refractivity contribution in [2.45, 2.75) is 26.3 Å². The van der Waals surface area contributed by atoms with Crippen LogP contribution >= 0.6 is 0 Å². The minimum absolute atomic E-state index is 0.198. The normalized spacial score (nSPS) is 15.3. The van der Waals surface area contributed by atoms with Crippen LogP contribution in [0, 0.1) is 5.92 Å². The van der Waals surface area contributed by atoms with E-state index >= 15 is 0 Å². The van der Waals surface area contributed by atoms with Gasteiger partial charge in [-0.15, -0.1) is 5.10 Å². The summed E-state index contributed by atoms with van der Waals surface area (Å²) in [6.45, 7) is 7.84. The lowest BCUT2D eigenvalue weighted by Crippen LogP contribution is -2.43. The fraction of sp³-hybridized carbons (Fsp3) is 0.769. The first kappa shape index (κ1) is 14.9. The number of carbonyl (C=O) groups excluding carboxylic acids is 1. The summed E-state index contributed by atoms with van der Waals surface area (Å²) in [4.78, 5) is 11.8. The fourth-order valence-electron chi connectivity index (χ4n) is 1.77. The molecule has 1 aromatic rings. The Kier molecular flexibility index (Phi) is 5.49. The highest BCUT2D eigenvalue weighted by atomic mass is 16.5. The van der Waals surface area contributed by atoms with Gasteiger partial charge >= 0.3 is 0 Å². The van der Waals surface area contributed by atoms with E-state index in [-0.39, 0.29) is 5.91 Å². The second-order valence-corrected chi connectivity index (χ2v) is 5.45. The number of aromatic nitrogens is 3. The van der Waals surface area contributed by atoms with Gasteiger partial charge in [0.15, 0.2) is 5.69 Å². The molecule has 20 heavy (non-hydrogen) atoms. The molecule has 0 radical (unpaired) electrons. The Labute approximate surface area is 119 Å². The first-order chi connectivity index (χ1) is 9.66. The van der Waals surface area contributed by atoms with Gasteiger partial charge in [-0.25, -0.2) is 4.68 Å². The molecule has 7 nitrogen and oxygen atoms in total. The van der Waals surface area contributed by atoms with Crippen LogP contribution in [0.3, 0.4) is 0 Å². The minimum atomic E-state index is -0.198. The van der Waals surface area contributed by atoms with Gasteiger partial charge in [-0.2, -0.15) is 0 Å². The molecule has 0 saturated carbocycles. The van der Waals surface area contributed by atoms with Crippen LogP contribution < -0.4 is 10.6 Å². The van der Waals surface area contributed by atoms with Gasteiger partial charge in [0.05, 0.1) is 18.8 Å². The molecule has 0 aromatic carbocycles. The highest BCUT2D eigenvalue weighted by Crippen LogP contribution is 2.09. The number of hydrogen-bond acceptors (Lipinski definition) is 5. The zero-order chi connectivity index (χ0) is 14.4. The summed E-state index contributed by atoms with van der Waals surface area (Å²) in [5.74, 6) is 0.441. The Morgan fingerprint density at radius 2 is 2.35 bits per heavy atom. The quantitative estimate of drug-likeness (QED) is 0.666. The maximum atomic E-state index is 11.8. The van der Waals surface area contributed by atoms with Crippen LogP contribution in [0.1, 0.15) is 36.8 Å². The van der Waals surface area contributed by atoms with Crippen molar-refractivity contribution < 1.29 is 9.53 Å². The third kappa shape index (κ3) is 4.28. The first-order valence-corrected chi connectivity index (χ1v) is 7.15. The summed E-state index contributed by atoms with van der Waals surface area (Å²) >= 11 is 0. The van der Waals surface area contributed by atoms with E-state index < -0.39 is 0 Å². The van der Waals surface area contributed by atoms with Gasteiger partial charge in [0, 0.05) is 26.2 Å². The molecule has 1 aliphatic heterocycles. The van der Waals surface area contributed by atoms with Crippen LogP contribution in [-0.4, -0.2) is 53.7 Å². The lowest BCUT2D eigenvalue weighted by molar-refractivity contribution is 0.0901. The van der Waals surface area contributed by atoms with Crippen LogP contribution in [0.15, 0.2) is 6.20 Å². The van der Waals surface area contributed by atoms with Crippen molar-refractivity contribution in [3.63, 3.8) is 0 Å². The summed E-state index contributed by atoms with van der Waals surface area (Å²) in [7, 11) is 0. The van der Waals surface area contributed by atoms with E-state index in [0.717, 1.165) is 26.1 Å². The zero-order valence-corrected chi connectivity index (χ0v) is 12.1. The molecular formula is C13H23N5O2. The van der Waals surface area contributed by atoms with E-state index in [1.807, 2.05) is 0 Å². The summed E-state index contributed by atoms with van der Waals surface area (Å²) < 4.78 is 7.18. The third-order valence-electron chi connectivity index (χ3n) is 3.25. The van der Waals surface area contributed by atoms with Gasteiger partial charge in [0.25, 0.3) is 5.91 Å². The number of amides is 1. The Balaban J connectivity index is 1.63. The van der Waals surface area contributed by atoms with Gasteiger partial charge in [0.1, 0.15) is 0 Å². The number of ether oxygens (including phenoxy) is 1. The fourth-order valence-corrected chi connectivity index (χ4v) is 1.77. The number of carbonyl (C=O) groups is 1. The lowest BCUT2D eigenvalue weighted by Gasteiger charge is -2.26. The zero-order valence-electron chi connectivity index (χ0n) is 12.1. The predicted octanol–water partition coefficient (Wildman–Crippen LogP) is 0.215. The maximum absolute atomic E-state index is 11.8. The van der Waals surface area contributed by atoms with Crippen molar-refractivity contribution in [2.75, 3.05) is 32.8 Å². The average Bonchev–Trinajstić information content (AvgIpc) is 2.80. The number of nitrogens with one attached hydrogen (secondary N) is 2. The van der Waals surface area contributed by atoms with Crippen LogP contribution in [0.4, 0.5) is 0 Å². The Bertz CT molecular complexity index is 428. The van der Waals surface area contributed by atoms with E-state index in [9.17, 15) is 4.79 Å². The van der Waals surface area contributed by atoms with Gasteiger partial charge < -0.3 is 15.4 Å². The van der Waals surface area contributed by atoms with Crippen molar-refractivity contribution in [1.82, 2.24) is 25.6 Å². The molecular weight excluding hydrogens is 258 g/mol. The van der Waals surface area contributed by atoms with Crippen molar-refractivity contribution in [2.24, 2.45) is 5.92 Å². The Morgan fingerprint density at radius 3 is 3.00 bits per heavy atom. The summed E-state index contributed by atoms with van der Waals surface area (Å²) in [5, 5.41) is 13.8. The molecule has 1 saturated heterocycles. The topological polar surface area (TPSA) is 81.1 Å². The predicted molar refractivity (Wildman–Crippen MR) is 74.5 cm³/mol. The van der Waals surface area contributed by atoms with Crippen molar-refractivity contribution in [3.8, 4) is 0 Å². The van der Waals surface area contributed by atoms with Crippen molar-refractivity contribution in [3.05, 3.63) is 11.9 Å². The van der Waals surface area contributed by atoms with Crippen molar-refractivity contribution >= 4 is 5.91 Å². The van der Waals surface area contributed by atoms with E-state index in [0.29, 0.717) is 30.8 Å². The molecule has 0 spiro atoms. The monoisotopic (exact) mass is 281 g/mol. The molecule has 2 rings (SSSR count). The summed E-state index contributed by atoms with van der Waals surface area (Å²) in [5.41, 5.74) is 0.360. The highest BCUT2D eigenvalue weighted by molar-refractivity contribution is 5.91. The van der Waals surface area contributed by atoms with E-state index in [1.54, 1.807) is 10.9 Å². The van der Waals surface area contributed by atoms with E-state index in [1.165, 1.54) is 0 Å². The van der Waals surface area contributed by atoms with E-state index in [4.69, 9.17) is 4.74 Å². The van der Waals surface area contributed by atoms with Crippen LogP contribution in [0.25, 0.3) is 0 Å². The number of rotatable bonds is 8. The van der Waals surface area contributed by atoms with Crippen molar-refractivity contribution in [1.29, 1.82) is 0 Å². The number of nitrogens with zero attached hydrogens (tertiary/aromatic N) is 3. The molecule has 0 aliphatic carbocycles. The molecule has 0 unspecified atom stereocenters. The third-order valence-corrected chi connectivity index (χ3v) is 3.25. The van der Waals surface area contributed by atoms with Gasteiger partial charge in [-0.3, -0.25) is 4.79 Å². The molecule has 1 aliphatic rings. The molecule has 7 heteroatoms. The highest BCUT2D eigenvalue weighted by Gasteiger charge is 2.21. The van der Waals surface area contributed by atoms with Gasteiger partial charge in [-0.1, -0.05) is 19.1 Å². The minimum Gasteiger partial charge on any atom is -0.380 e. The molecule has 2 N–H and O–H groups in total. The smallest absolute Gasteiger partial charge is 0.273 e. The molecule has 0 atom stereocenters. The lowest BCUT2D eigenvalue weighted by atomic mass is 10.1. The van der Waals surface area contributed by atoms with Crippen LogP contribution in [0.5, 0.6) is 0 Å². The first-order valence-electron chi connectivity index (χ1n) is 7.15. The summed E-state index contributed by atoms with van der Waals surface area (Å²) in [6, 6.07) is 0.323. The second-order valence-electron chi connectivity index (χ2n) is 5.45. The molecule has 0 bridgehead atoms. The Morgan fingerprint density at radius 1 is 1.55 bits per heavy atom. The molecule has 2 heterocycles. The number of hydrogen-bond donors (Lipinski definition) is 2. The summed E-state index contributed by atoms with van der Waals surface area (Å²) in [6.07, 6.45) is 2.73. The second kappa shape index (κ2) is 7.35. The molecule has 1 aromatic heterocycles. The standard InChI is InChI=1S/C13H23N5O2/c1-10(2)3-5-20-6-4-15-13(19)12-9-18(17-16-12)11-7-14-8-11/h9-11,14H,3-8H2,1-2H3,(H,15,19). The molecule has 1 fully saturated rings. The Hall–Kier alpha value is -1.47. The largest absolute Gasteiger partial charge is 0.380 e. The van der Waals surface area contributed by atoms with Gasteiger partial charge in [-0.05, 0) is 12.3 Å². The average molecular weight is 281 g/mol. The van der Waals surface area contributed by atoms with E-state index in [2.05, 4.69) is 34.8 Å². The SMILES string of the molecule is CC(C)CCOCCNC(=O)c1cn(C2CNC2)nn1. The van der Waals surface area contributed by atoms with Crippen LogP contribution in [0.2, 0.25) is 0 Å². The van der Waals surface area contributed by atoms with Gasteiger partial charge in [0.2, 0.25) is 0 Å².